The summed E-state index contributed by atoms with van der Waals surface area (Å²) in [5.41, 5.74) is 1.06. The molecule has 27 heavy (non-hydrogen) atoms. The molecule has 0 unspecified atom stereocenters. The lowest BCUT2D eigenvalue weighted by Gasteiger charge is -2.17. The van der Waals surface area contributed by atoms with Crippen LogP contribution in [0.25, 0.3) is 0 Å². The van der Waals surface area contributed by atoms with E-state index in [0.29, 0.717) is 21.2 Å². The van der Waals surface area contributed by atoms with Crippen molar-refractivity contribution in [2.45, 2.75) is 12.5 Å². The van der Waals surface area contributed by atoms with Crippen LogP contribution in [0.15, 0.2) is 48.5 Å². The van der Waals surface area contributed by atoms with Gasteiger partial charge in [-0.1, -0.05) is 47.5 Å². The first kappa shape index (κ1) is 20.7. The van der Waals surface area contributed by atoms with E-state index in [4.69, 9.17) is 27.9 Å². The van der Waals surface area contributed by atoms with Gasteiger partial charge in [0, 0.05) is 22.0 Å². The molecule has 2 amide bonds. The molecule has 2 rings (SSSR count). The number of ether oxygens (including phenoxy) is 1. The Labute approximate surface area is 166 Å². The molecule has 0 aliphatic rings. The molecule has 0 aliphatic heterocycles. The highest BCUT2D eigenvalue weighted by Gasteiger charge is 2.23. The first-order chi connectivity index (χ1) is 12.9. The number of nitrogens with one attached hydrogen (secondary N) is 2. The maximum Gasteiger partial charge on any atom is 0.328 e. The highest BCUT2D eigenvalue weighted by atomic mass is 35.5. The largest absolute Gasteiger partial charge is 0.467 e. The van der Waals surface area contributed by atoms with Gasteiger partial charge < -0.3 is 15.4 Å². The van der Waals surface area contributed by atoms with Gasteiger partial charge in [0.1, 0.15) is 6.04 Å². The van der Waals surface area contributed by atoms with Gasteiger partial charge in [-0.2, -0.15) is 0 Å². The van der Waals surface area contributed by atoms with Crippen molar-refractivity contribution in [1.29, 1.82) is 0 Å². The number of carbonyl (C=O) groups excluding carboxylic acids is 3. The number of methoxy groups -OCH3 is 1. The molecule has 0 aromatic heterocycles. The van der Waals surface area contributed by atoms with Crippen LogP contribution < -0.4 is 10.6 Å². The minimum absolute atomic E-state index is 0.126. The van der Waals surface area contributed by atoms with E-state index in [1.165, 1.54) is 7.11 Å². The van der Waals surface area contributed by atoms with Gasteiger partial charge >= 0.3 is 5.97 Å². The lowest BCUT2D eigenvalue weighted by atomic mass is 10.1. The number of amides is 2. The molecule has 0 bridgehead atoms. The Balaban J connectivity index is 1.97. The molecule has 0 heterocycles. The van der Waals surface area contributed by atoms with Crippen LogP contribution in [0.5, 0.6) is 0 Å². The molecule has 1 atom stereocenters. The van der Waals surface area contributed by atoms with Crippen molar-refractivity contribution in [3.63, 3.8) is 0 Å². The maximum atomic E-state index is 12.2. The average molecular weight is 409 g/mol. The van der Waals surface area contributed by atoms with Crippen molar-refractivity contribution in [3.8, 4) is 0 Å². The van der Waals surface area contributed by atoms with Crippen molar-refractivity contribution >= 4 is 41.0 Å². The number of hydrogen-bond acceptors (Lipinski definition) is 4. The molecule has 142 valence electrons. The van der Waals surface area contributed by atoms with Gasteiger partial charge in [0.15, 0.2) is 0 Å². The van der Waals surface area contributed by atoms with Gasteiger partial charge in [-0.05, 0) is 29.8 Å². The standard InChI is InChI=1S/C19H18Cl2N2O4/c1-27-19(26)16(9-13-7-8-14(20)10-15(13)21)23-17(24)11-22-18(25)12-5-3-2-4-6-12/h2-8,10,16H,9,11H2,1H3,(H,22,25)(H,23,24)/t16-/m0/s1. The monoisotopic (exact) mass is 408 g/mol. The molecule has 0 aliphatic carbocycles. The number of hydrogen-bond donors (Lipinski definition) is 2. The van der Waals surface area contributed by atoms with E-state index in [2.05, 4.69) is 10.6 Å². The van der Waals surface area contributed by atoms with Gasteiger partial charge in [0.25, 0.3) is 5.91 Å². The van der Waals surface area contributed by atoms with Crippen LogP contribution in [-0.4, -0.2) is 37.5 Å². The summed E-state index contributed by atoms with van der Waals surface area (Å²) in [4.78, 5) is 36.1. The number of rotatable bonds is 7. The molecule has 0 spiro atoms. The Bertz CT molecular complexity index is 828. The third-order valence-corrected chi connectivity index (χ3v) is 4.29. The predicted molar refractivity (Wildman–Crippen MR) is 103 cm³/mol. The summed E-state index contributed by atoms with van der Waals surface area (Å²) >= 11 is 12.0. The second-order valence-corrected chi connectivity index (χ2v) is 6.48. The second kappa shape index (κ2) is 9.94. The van der Waals surface area contributed by atoms with Crippen molar-refractivity contribution in [2.24, 2.45) is 0 Å². The van der Waals surface area contributed by atoms with Crippen LogP contribution >= 0.6 is 23.2 Å². The highest BCUT2D eigenvalue weighted by molar-refractivity contribution is 6.35. The zero-order valence-corrected chi connectivity index (χ0v) is 16.0. The van der Waals surface area contributed by atoms with E-state index >= 15 is 0 Å². The van der Waals surface area contributed by atoms with E-state index in [1.807, 2.05) is 0 Å². The lowest BCUT2D eigenvalue weighted by Crippen LogP contribution is -2.47. The van der Waals surface area contributed by atoms with Crippen LogP contribution in [0, 0.1) is 0 Å². The first-order valence-electron chi connectivity index (χ1n) is 8.05. The quantitative estimate of drug-likeness (QED) is 0.689. The summed E-state index contributed by atoms with van der Waals surface area (Å²) < 4.78 is 4.73. The molecule has 2 aromatic rings. The fourth-order valence-corrected chi connectivity index (χ4v) is 2.83. The van der Waals surface area contributed by atoms with Crippen molar-refractivity contribution in [1.82, 2.24) is 10.6 Å². The molecule has 2 aromatic carbocycles. The minimum atomic E-state index is -0.949. The Hall–Kier alpha value is -2.57. The number of benzene rings is 2. The van der Waals surface area contributed by atoms with Gasteiger partial charge in [0.05, 0.1) is 13.7 Å². The Morgan fingerprint density at radius 2 is 1.78 bits per heavy atom. The SMILES string of the molecule is COC(=O)[C@H](Cc1ccc(Cl)cc1Cl)NC(=O)CNC(=O)c1ccccc1. The van der Waals surface area contributed by atoms with Crippen molar-refractivity contribution in [2.75, 3.05) is 13.7 Å². The van der Waals surface area contributed by atoms with Crippen LogP contribution in [0.2, 0.25) is 10.0 Å². The van der Waals surface area contributed by atoms with Crippen LogP contribution in [0.4, 0.5) is 0 Å². The van der Waals surface area contributed by atoms with Crippen LogP contribution in [-0.2, 0) is 20.7 Å². The fraction of sp³-hybridized carbons (Fsp3) is 0.211. The van der Waals surface area contributed by atoms with Gasteiger partial charge in [-0.15, -0.1) is 0 Å². The molecule has 0 radical (unpaired) electrons. The topological polar surface area (TPSA) is 84.5 Å². The van der Waals surface area contributed by atoms with Gasteiger partial charge in [-0.25, -0.2) is 4.79 Å². The van der Waals surface area contributed by atoms with Crippen LogP contribution in [0.3, 0.4) is 0 Å². The summed E-state index contributed by atoms with van der Waals surface area (Å²) in [5, 5.41) is 5.88. The smallest absolute Gasteiger partial charge is 0.328 e. The molecule has 8 heteroatoms. The fourth-order valence-electron chi connectivity index (χ4n) is 2.34. The van der Waals surface area contributed by atoms with Gasteiger partial charge in [0.2, 0.25) is 5.91 Å². The molecule has 0 saturated carbocycles. The Morgan fingerprint density at radius 3 is 2.41 bits per heavy atom. The summed E-state index contributed by atoms with van der Waals surface area (Å²) in [7, 11) is 1.22. The summed E-state index contributed by atoms with van der Waals surface area (Å²) in [5.74, 6) is -1.54. The summed E-state index contributed by atoms with van der Waals surface area (Å²) in [6, 6.07) is 12.4. The second-order valence-electron chi connectivity index (χ2n) is 5.63. The average Bonchev–Trinajstić information content (AvgIpc) is 2.67. The Kier molecular flexibility index (Phi) is 7.64. The predicted octanol–water partition coefficient (Wildman–Crippen LogP) is 2.62. The molecule has 2 N–H and O–H groups in total. The highest BCUT2D eigenvalue weighted by Crippen LogP contribution is 2.22. The number of carbonyl (C=O) groups is 3. The van der Waals surface area contributed by atoms with E-state index in [1.54, 1.807) is 48.5 Å². The zero-order chi connectivity index (χ0) is 19.8. The van der Waals surface area contributed by atoms with E-state index < -0.39 is 17.9 Å². The molecule has 6 nitrogen and oxygen atoms in total. The maximum absolute atomic E-state index is 12.2. The zero-order valence-electron chi connectivity index (χ0n) is 14.5. The summed E-state index contributed by atoms with van der Waals surface area (Å²) in [6.07, 6.45) is 0.126. The van der Waals surface area contributed by atoms with E-state index in [-0.39, 0.29) is 18.9 Å². The molecule has 0 saturated heterocycles. The minimum Gasteiger partial charge on any atom is -0.467 e. The normalized spacial score (nSPS) is 11.4. The molecular formula is C19H18Cl2N2O4. The molecule has 0 fully saturated rings. The van der Waals surface area contributed by atoms with E-state index in [0.717, 1.165) is 0 Å². The molecular weight excluding hydrogens is 391 g/mol. The number of halogens is 2. The van der Waals surface area contributed by atoms with E-state index in [9.17, 15) is 14.4 Å². The number of esters is 1. The van der Waals surface area contributed by atoms with Crippen molar-refractivity contribution in [3.05, 3.63) is 69.7 Å². The lowest BCUT2D eigenvalue weighted by molar-refractivity contribution is -0.144. The third-order valence-electron chi connectivity index (χ3n) is 3.71. The Morgan fingerprint density at radius 1 is 1.07 bits per heavy atom. The first-order valence-corrected chi connectivity index (χ1v) is 8.80. The van der Waals surface area contributed by atoms with Crippen LogP contribution in [0.1, 0.15) is 15.9 Å². The third kappa shape index (κ3) is 6.27. The van der Waals surface area contributed by atoms with Gasteiger partial charge in [-0.3, -0.25) is 9.59 Å². The summed E-state index contributed by atoms with van der Waals surface area (Å²) in [6.45, 7) is -0.282. The van der Waals surface area contributed by atoms with Crippen molar-refractivity contribution < 1.29 is 19.1 Å².